The summed E-state index contributed by atoms with van der Waals surface area (Å²) >= 11 is 5.78. The van der Waals surface area contributed by atoms with Crippen molar-refractivity contribution in [3.63, 3.8) is 0 Å². The van der Waals surface area contributed by atoms with Gasteiger partial charge < -0.3 is 15.0 Å². The molecular weight excluding hydrogens is 224 g/mol. The normalized spacial score (nSPS) is 24.7. The number of hydrogen-bond donors (Lipinski definition) is 1. The van der Waals surface area contributed by atoms with Crippen molar-refractivity contribution >= 4 is 17.3 Å². The number of halogens is 1. The van der Waals surface area contributed by atoms with E-state index in [1.165, 1.54) is 11.3 Å². The molecule has 0 bridgehead atoms. The lowest BCUT2D eigenvalue weighted by Gasteiger charge is -2.14. The van der Waals surface area contributed by atoms with E-state index in [1.54, 1.807) is 0 Å². The lowest BCUT2D eigenvalue weighted by Crippen LogP contribution is -2.82. The van der Waals surface area contributed by atoms with Crippen LogP contribution in [0.1, 0.15) is 11.8 Å². The van der Waals surface area contributed by atoms with E-state index in [2.05, 4.69) is 34.5 Å². The van der Waals surface area contributed by atoms with Gasteiger partial charge in [-0.05, 0) is 24.3 Å². The first kappa shape index (κ1) is 11.7. The zero-order chi connectivity index (χ0) is 11.5. The Morgan fingerprint density at radius 3 is 2.56 bits per heavy atom. The summed E-state index contributed by atoms with van der Waals surface area (Å²) in [6, 6.07) is 8.46. The van der Waals surface area contributed by atoms with Crippen LogP contribution in [0, 0.1) is 0 Å². The molecular formula is C12H18ClN2O+. The van der Waals surface area contributed by atoms with E-state index < -0.39 is 0 Å². The molecule has 3 nitrogen and oxygen atoms in total. The van der Waals surface area contributed by atoms with Gasteiger partial charge in [-0.1, -0.05) is 0 Å². The minimum Gasteiger partial charge on any atom is -0.378 e. The second-order valence-electron chi connectivity index (χ2n) is 4.29. The van der Waals surface area contributed by atoms with Gasteiger partial charge in [0.05, 0.1) is 5.88 Å². The number of anilines is 1. The Morgan fingerprint density at radius 1 is 1.38 bits per heavy atom. The topological polar surface area (TPSA) is 29.1 Å². The highest BCUT2D eigenvalue weighted by atomic mass is 35.5. The van der Waals surface area contributed by atoms with Gasteiger partial charge in [-0.2, -0.15) is 0 Å². The Hall–Kier alpha value is -0.770. The molecule has 1 aliphatic heterocycles. The first-order valence-corrected chi connectivity index (χ1v) is 6.06. The number of alkyl halides is 1. The van der Waals surface area contributed by atoms with Gasteiger partial charge in [-0.25, -0.2) is 0 Å². The minimum absolute atomic E-state index is 0.111. The maximum absolute atomic E-state index is 5.80. The zero-order valence-electron chi connectivity index (χ0n) is 9.69. The number of quaternary nitrogens is 1. The summed E-state index contributed by atoms with van der Waals surface area (Å²) in [5, 5.41) is 2.19. The highest BCUT2D eigenvalue weighted by Gasteiger charge is 2.28. The Morgan fingerprint density at radius 2 is 2.06 bits per heavy atom. The number of benzene rings is 1. The number of nitrogens with two attached hydrogens (primary N) is 1. The maximum atomic E-state index is 5.80. The smallest absolute Gasteiger partial charge is 0.217 e. The molecule has 1 aromatic carbocycles. The molecule has 0 spiro atoms. The maximum Gasteiger partial charge on any atom is 0.217 e. The second-order valence-corrected chi connectivity index (χ2v) is 4.60. The van der Waals surface area contributed by atoms with E-state index in [0.29, 0.717) is 5.88 Å². The van der Waals surface area contributed by atoms with Crippen LogP contribution in [0.25, 0.3) is 0 Å². The van der Waals surface area contributed by atoms with Crippen LogP contribution in [0.2, 0.25) is 0 Å². The third-order valence-corrected chi connectivity index (χ3v) is 3.21. The van der Waals surface area contributed by atoms with Crippen molar-refractivity contribution < 1.29 is 10.1 Å². The average Bonchev–Trinajstić information content (AvgIpc) is 2.77. The van der Waals surface area contributed by atoms with Crippen LogP contribution < -0.4 is 10.2 Å². The molecule has 0 aromatic heterocycles. The molecule has 4 heteroatoms. The Labute approximate surface area is 101 Å². The Bertz CT molecular complexity index is 339. The standard InChI is InChI=1S/C12H17ClN2O/c1-15(2)10-5-3-9(4-6-10)12-14-8-11(7-13)16-12/h3-6,11-12,14H,7-8H2,1-2H3/p+1/t11-,12-/m0/s1. The van der Waals surface area contributed by atoms with Crippen molar-refractivity contribution in [2.45, 2.75) is 12.3 Å². The van der Waals surface area contributed by atoms with Gasteiger partial charge in [0.1, 0.15) is 12.6 Å². The quantitative estimate of drug-likeness (QED) is 0.799. The van der Waals surface area contributed by atoms with Crippen molar-refractivity contribution in [1.29, 1.82) is 0 Å². The van der Waals surface area contributed by atoms with Gasteiger partial charge in [-0.15, -0.1) is 11.6 Å². The molecule has 2 atom stereocenters. The monoisotopic (exact) mass is 241 g/mol. The van der Waals surface area contributed by atoms with Gasteiger partial charge >= 0.3 is 0 Å². The van der Waals surface area contributed by atoms with E-state index >= 15 is 0 Å². The van der Waals surface area contributed by atoms with E-state index in [9.17, 15) is 0 Å². The number of ether oxygens (including phenoxy) is 1. The Balaban J connectivity index is 2.05. The number of rotatable bonds is 3. The predicted molar refractivity (Wildman–Crippen MR) is 65.9 cm³/mol. The van der Waals surface area contributed by atoms with Crippen molar-refractivity contribution in [3.8, 4) is 0 Å². The summed E-state index contributed by atoms with van der Waals surface area (Å²) in [4.78, 5) is 2.09. The molecule has 1 saturated heterocycles. The molecule has 0 saturated carbocycles. The van der Waals surface area contributed by atoms with E-state index in [1.807, 2.05) is 14.1 Å². The van der Waals surface area contributed by atoms with Crippen LogP contribution in [-0.4, -0.2) is 32.6 Å². The summed E-state index contributed by atoms with van der Waals surface area (Å²) in [7, 11) is 4.08. The molecule has 1 aliphatic rings. The highest BCUT2D eigenvalue weighted by Crippen LogP contribution is 2.19. The van der Waals surface area contributed by atoms with E-state index in [0.717, 1.165) is 6.54 Å². The second kappa shape index (κ2) is 5.04. The lowest BCUT2D eigenvalue weighted by atomic mass is 10.2. The van der Waals surface area contributed by atoms with Gasteiger partial charge in [0.2, 0.25) is 6.23 Å². The summed E-state index contributed by atoms with van der Waals surface area (Å²) in [5.41, 5.74) is 2.41. The highest BCUT2D eigenvalue weighted by molar-refractivity contribution is 6.18. The average molecular weight is 242 g/mol. The van der Waals surface area contributed by atoms with Crippen LogP contribution in [0.15, 0.2) is 24.3 Å². The first-order chi connectivity index (χ1) is 7.70. The van der Waals surface area contributed by atoms with Crippen LogP contribution in [0.5, 0.6) is 0 Å². The molecule has 2 rings (SSSR count). The van der Waals surface area contributed by atoms with Crippen molar-refractivity contribution in [3.05, 3.63) is 29.8 Å². The predicted octanol–water partition coefficient (Wildman–Crippen LogP) is 0.952. The van der Waals surface area contributed by atoms with Crippen LogP contribution in [0.4, 0.5) is 5.69 Å². The number of hydrogen-bond acceptors (Lipinski definition) is 2. The minimum atomic E-state index is 0.111. The molecule has 0 aliphatic carbocycles. The zero-order valence-corrected chi connectivity index (χ0v) is 10.4. The lowest BCUT2D eigenvalue weighted by molar-refractivity contribution is -0.697. The Kier molecular flexibility index (Phi) is 3.69. The van der Waals surface area contributed by atoms with Gasteiger partial charge in [0, 0.05) is 25.3 Å². The molecule has 2 N–H and O–H groups in total. The number of nitrogens with zero attached hydrogens (tertiary/aromatic N) is 1. The van der Waals surface area contributed by atoms with Crippen molar-refractivity contribution in [2.24, 2.45) is 0 Å². The summed E-state index contributed by atoms with van der Waals surface area (Å²) < 4.78 is 5.80. The van der Waals surface area contributed by atoms with Crippen molar-refractivity contribution in [1.82, 2.24) is 0 Å². The molecule has 1 heterocycles. The summed E-state index contributed by atoms with van der Waals surface area (Å²) in [6.07, 6.45) is 0.292. The van der Waals surface area contributed by atoms with Crippen molar-refractivity contribution in [2.75, 3.05) is 31.4 Å². The molecule has 0 radical (unpaired) electrons. The molecule has 1 aromatic rings. The van der Waals surface area contributed by atoms with Gasteiger partial charge in [0.25, 0.3) is 0 Å². The van der Waals surface area contributed by atoms with E-state index in [-0.39, 0.29) is 12.3 Å². The molecule has 1 fully saturated rings. The first-order valence-electron chi connectivity index (χ1n) is 5.52. The van der Waals surface area contributed by atoms with Gasteiger partial charge in [-0.3, -0.25) is 0 Å². The third-order valence-electron chi connectivity index (χ3n) is 2.86. The molecule has 0 unspecified atom stereocenters. The third kappa shape index (κ3) is 2.48. The molecule has 0 amide bonds. The summed E-state index contributed by atoms with van der Waals surface area (Å²) in [5.74, 6) is 0.572. The van der Waals surface area contributed by atoms with Crippen LogP contribution in [-0.2, 0) is 4.74 Å². The fourth-order valence-corrected chi connectivity index (χ4v) is 2.07. The fourth-order valence-electron chi connectivity index (χ4n) is 1.87. The largest absolute Gasteiger partial charge is 0.378 e. The van der Waals surface area contributed by atoms with Crippen LogP contribution in [0.3, 0.4) is 0 Å². The molecule has 16 heavy (non-hydrogen) atoms. The SMILES string of the molecule is CN(C)c1ccc([C@H]2[NH2+]C[C@H](CCl)O2)cc1. The van der Waals surface area contributed by atoms with Gasteiger partial charge in [0.15, 0.2) is 0 Å². The summed E-state index contributed by atoms with van der Waals surface area (Å²) in [6.45, 7) is 0.948. The van der Waals surface area contributed by atoms with Crippen LogP contribution >= 0.6 is 11.6 Å². The van der Waals surface area contributed by atoms with E-state index in [4.69, 9.17) is 16.3 Å². The fraction of sp³-hybridized carbons (Fsp3) is 0.500. The molecule has 88 valence electrons.